The van der Waals surface area contributed by atoms with E-state index in [2.05, 4.69) is 0 Å². The molecule has 0 spiro atoms. The summed E-state index contributed by atoms with van der Waals surface area (Å²) >= 11 is 0. The SMILES string of the molecule is COC(O)(COCCOCCO)c1ccc(C(O)(COCCOCCO)OC)c(B2OC(C)(C)C(C)(C)O2)c1. The lowest BCUT2D eigenvalue weighted by molar-refractivity contribution is -0.229. The molecule has 1 fully saturated rings. The average Bonchev–Trinajstić information content (AvgIpc) is 3.13. The van der Waals surface area contributed by atoms with Gasteiger partial charge in [0.2, 0.25) is 11.6 Å². The Kier molecular flexibility index (Phi) is 13.2. The van der Waals surface area contributed by atoms with Gasteiger partial charge in [-0.05, 0) is 33.2 Å². The van der Waals surface area contributed by atoms with Crippen LogP contribution in [-0.2, 0) is 49.3 Å². The molecular formula is C26H45BO12. The summed E-state index contributed by atoms with van der Waals surface area (Å²) in [6, 6.07) is 4.81. The van der Waals surface area contributed by atoms with E-state index in [1.165, 1.54) is 14.2 Å². The number of aliphatic hydroxyl groups excluding tert-OH is 2. The van der Waals surface area contributed by atoms with Gasteiger partial charge in [-0.1, -0.05) is 18.2 Å². The molecule has 0 radical (unpaired) electrons. The van der Waals surface area contributed by atoms with Crippen LogP contribution in [0.5, 0.6) is 0 Å². The van der Waals surface area contributed by atoms with E-state index >= 15 is 0 Å². The van der Waals surface area contributed by atoms with E-state index in [-0.39, 0.29) is 66.1 Å². The summed E-state index contributed by atoms with van der Waals surface area (Å²) in [4.78, 5) is 0. The van der Waals surface area contributed by atoms with Crippen molar-refractivity contribution in [1.82, 2.24) is 0 Å². The highest BCUT2D eigenvalue weighted by molar-refractivity contribution is 6.62. The smallest absolute Gasteiger partial charge is 0.399 e. The highest BCUT2D eigenvalue weighted by atomic mass is 16.7. The van der Waals surface area contributed by atoms with Crippen LogP contribution < -0.4 is 5.46 Å². The van der Waals surface area contributed by atoms with Gasteiger partial charge >= 0.3 is 7.12 Å². The number of aliphatic hydroxyl groups is 4. The first kappa shape index (κ1) is 34.0. The van der Waals surface area contributed by atoms with Gasteiger partial charge in [-0.15, -0.1) is 0 Å². The molecule has 2 atom stereocenters. The van der Waals surface area contributed by atoms with Crippen LogP contribution in [0.3, 0.4) is 0 Å². The van der Waals surface area contributed by atoms with Gasteiger partial charge in [0.25, 0.3) is 0 Å². The predicted molar refractivity (Wildman–Crippen MR) is 141 cm³/mol. The van der Waals surface area contributed by atoms with Crippen LogP contribution in [0.15, 0.2) is 18.2 Å². The van der Waals surface area contributed by atoms with Crippen molar-refractivity contribution in [2.45, 2.75) is 50.5 Å². The summed E-state index contributed by atoms with van der Waals surface area (Å²) in [6.07, 6.45) is 0. The van der Waals surface area contributed by atoms with Gasteiger partial charge in [-0.25, -0.2) is 0 Å². The first-order valence-corrected chi connectivity index (χ1v) is 13.0. The fourth-order valence-corrected chi connectivity index (χ4v) is 3.82. The average molecular weight is 560 g/mol. The van der Waals surface area contributed by atoms with Crippen LogP contribution in [0.1, 0.15) is 38.8 Å². The van der Waals surface area contributed by atoms with E-state index in [0.29, 0.717) is 16.6 Å². The number of ether oxygens (including phenoxy) is 6. The highest BCUT2D eigenvalue weighted by Crippen LogP contribution is 2.38. The van der Waals surface area contributed by atoms with Crippen LogP contribution in [0.2, 0.25) is 0 Å². The molecule has 4 N–H and O–H groups in total. The van der Waals surface area contributed by atoms with Crippen molar-refractivity contribution in [1.29, 1.82) is 0 Å². The molecule has 1 heterocycles. The van der Waals surface area contributed by atoms with E-state index in [1.807, 2.05) is 27.7 Å². The van der Waals surface area contributed by atoms with Gasteiger partial charge in [-0.2, -0.15) is 0 Å². The quantitative estimate of drug-likeness (QED) is 0.0991. The lowest BCUT2D eigenvalue weighted by Crippen LogP contribution is -2.46. The van der Waals surface area contributed by atoms with E-state index in [4.69, 9.17) is 47.9 Å². The van der Waals surface area contributed by atoms with E-state index < -0.39 is 29.9 Å². The maximum Gasteiger partial charge on any atom is 0.495 e. The molecule has 0 bridgehead atoms. The summed E-state index contributed by atoms with van der Waals surface area (Å²) < 4.78 is 45.1. The first-order chi connectivity index (χ1) is 18.4. The van der Waals surface area contributed by atoms with Gasteiger partial charge in [0.05, 0.1) is 64.1 Å². The highest BCUT2D eigenvalue weighted by Gasteiger charge is 2.53. The fraction of sp³-hybridized carbons (Fsp3) is 0.769. The third-order valence-corrected chi connectivity index (χ3v) is 6.92. The molecular weight excluding hydrogens is 515 g/mol. The van der Waals surface area contributed by atoms with Crippen LogP contribution in [0.4, 0.5) is 0 Å². The molecule has 1 saturated heterocycles. The maximum atomic E-state index is 11.5. The summed E-state index contributed by atoms with van der Waals surface area (Å²) in [5.74, 6) is -3.72. The van der Waals surface area contributed by atoms with Crippen molar-refractivity contribution in [3.05, 3.63) is 29.3 Å². The van der Waals surface area contributed by atoms with Gasteiger partial charge in [0.15, 0.2) is 0 Å². The lowest BCUT2D eigenvalue weighted by atomic mass is 9.72. The molecule has 0 amide bonds. The monoisotopic (exact) mass is 560 g/mol. The number of hydrogen-bond donors (Lipinski definition) is 4. The zero-order valence-electron chi connectivity index (χ0n) is 23.9. The number of rotatable bonds is 19. The molecule has 2 unspecified atom stereocenters. The van der Waals surface area contributed by atoms with Gasteiger partial charge in [-0.3, -0.25) is 0 Å². The second-order valence-electron chi connectivity index (χ2n) is 10.1. The normalized spacial score (nSPS) is 19.7. The fourth-order valence-electron chi connectivity index (χ4n) is 3.82. The largest absolute Gasteiger partial charge is 0.495 e. The molecule has 0 aromatic heterocycles. The van der Waals surface area contributed by atoms with Gasteiger partial charge in [0, 0.05) is 25.3 Å². The van der Waals surface area contributed by atoms with Crippen molar-refractivity contribution in [3.8, 4) is 0 Å². The van der Waals surface area contributed by atoms with Crippen molar-refractivity contribution >= 4 is 12.6 Å². The molecule has 1 aromatic rings. The molecule has 0 aliphatic carbocycles. The van der Waals surface area contributed by atoms with Crippen molar-refractivity contribution < 1.29 is 58.2 Å². The number of benzene rings is 1. The molecule has 39 heavy (non-hydrogen) atoms. The lowest BCUT2D eigenvalue weighted by Gasteiger charge is -2.32. The molecule has 1 aliphatic heterocycles. The summed E-state index contributed by atoms with van der Waals surface area (Å²) in [6.45, 7) is 8.21. The summed E-state index contributed by atoms with van der Waals surface area (Å²) in [5, 5.41) is 40.5. The second kappa shape index (κ2) is 15.2. The minimum atomic E-state index is -1.89. The third-order valence-electron chi connectivity index (χ3n) is 6.92. The molecule has 1 aromatic carbocycles. The molecule has 0 saturated carbocycles. The molecule has 224 valence electrons. The molecule has 2 rings (SSSR count). The Morgan fingerprint density at radius 1 is 0.718 bits per heavy atom. The van der Waals surface area contributed by atoms with Crippen molar-refractivity contribution in [2.75, 3.05) is 80.3 Å². The predicted octanol–water partition coefficient (Wildman–Crippen LogP) is -0.380. The Bertz CT molecular complexity index is 853. The Hall–Kier alpha value is -1.20. The van der Waals surface area contributed by atoms with E-state index in [1.54, 1.807) is 18.2 Å². The zero-order valence-corrected chi connectivity index (χ0v) is 23.9. The Balaban J connectivity index is 2.37. The second-order valence-corrected chi connectivity index (χ2v) is 10.1. The van der Waals surface area contributed by atoms with Crippen LogP contribution in [0, 0.1) is 0 Å². The number of hydrogen-bond acceptors (Lipinski definition) is 12. The van der Waals surface area contributed by atoms with Gasteiger partial charge in [0.1, 0.15) is 13.2 Å². The molecule has 13 heteroatoms. The minimum absolute atomic E-state index is 0.0909. The topological polar surface area (TPSA) is 155 Å². The Morgan fingerprint density at radius 3 is 1.64 bits per heavy atom. The van der Waals surface area contributed by atoms with Gasteiger partial charge < -0.3 is 58.2 Å². The van der Waals surface area contributed by atoms with Crippen molar-refractivity contribution in [3.63, 3.8) is 0 Å². The molecule has 1 aliphatic rings. The zero-order chi connectivity index (χ0) is 29.2. The molecule has 12 nitrogen and oxygen atoms in total. The Morgan fingerprint density at radius 2 is 1.18 bits per heavy atom. The van der Waals surface area contributed by atoms with Crippen LogP contribution >= 0.6 is 0 Å². The summed E-state index contributed by atoms with van der Waals surface area (Å²) in [7, 11) is 1.80. The van der Waals surface area contributed by atoms with E-state index in [9.17, 15) is 10.2 Å². The first-order valence-electron chi connectivity index (χ1n) is 13.0. The summed E-state index contributed by atoms with van der Waals surface area (Å²) in [5.41, 5.74) is -0.276. The van der Waals surface area contributed by atoms with E-state index in [0.717, 1.165) is 0 Å². The number of methoxy groups -OCH3 is 2. The van der Waals surface area contributed by atoms with Crippen LogP contribution in [0.25, 0.3) is 0 Å². The van der Waals surface area contributed by atoms with Crippen LogP contribution in [-0.4, -0.2) is 119 Å². The van der Waals surface area contributed by atoms with Crippen molar-refractivity contribution in [2.24, 2.45) is 0 Å². The third kappa shape index (κ3) is 8.89. The Labute approximate surface area is 231 Å². The minimum Gasteiger partial charge on any atom is -0.399 e. The standard InChI is InChI=1S/C26H45BO12/c1-23(2)24(3,4)39-27(38-23)22-17-20(25(30,32-5)18-36-15-13-34-11-9-28)7-8-21(22)26(31,33-6)19-37-16-14-35-12-10-29/h7-8,17,28-31H,9-16,18-19H2,1-6H3. The maximum absolute atomic E-state index is 11.5.